The highest BCUT2D eigenvalue weighted by atomic mass is 16.2. The summed E-state index contributed by atoms with van der Waals surface area (Å²) in [5.74, 6) is 0. The van der Waals surface area contributed by atoms with Crippen LogP contribution in [0.1, 0.15) is 16.8 Å². The first kappa shape index (κ1) is 19.3. The van der Waals surface area contributed by atoms with E-state index in [9.17, 15) is 4.79 Å². The van der Waals surface area contributed by atoms with Crippen molar-refractivity contribution < 1.29 is 4.79 Å². The van der Waals surface area contributed by atoms with Crippen LogP contribution in [-0.4, -0.2) is 34.6 Å². The average molecular weight is 389 g/mol. The third kappa shape index (κ3) is 5.27. The van der Waals surface area contributed by atoms with Crippen LogP contribution >= 0.6 is 0 Å². The number of rotatable bonds is 7. The zero-order chi connectivity index (χ0) is 19.9. The van der Waals surface area contributed by atoms with E-state index in [2.05, 4.69) is 74.8 Å². The van der Waals surface area contributed by atoms with Crippen molar-refractivity contribution in [2.24, 2.45) is 0 Å². The molecule has 1 unspecified atom stereocenters. The summed E-state index contributed by atoms with van der Waals surface area (Å²) in [4.78, 5) is 14.7. The van der Waals surface area contributed by atoms with Gasteiger partial charge in [0.2, 0.25) is 0 Å². The van der Waals surface area contributed by atoms with Gasteiger partial charge in [-0.1, -0.05) is 60.7 Å². The second-order valence-corrected chi connectivity index (χ2v) is 7.57. The Morgan fingerprint density at radius 1 is 0.897 bits per heavy atom. The number of amides is 2. The maximum Gasteiger partial charge on any atom is 0.314 e. The molecule has 1 aromatic heterocycles. The van der Waals surface area contributed by atoms with Crippen LogP contribution in [0.15, 0.2) is 79.0 Å². The standard InChI is InChI=1S/C24H28N4O/c29-24(25-14-13-20-8-3-1-4-9-20)26-16-23-19-27-15-7-12-22(27)18-28(23)17-21-10-5-2-6-11-21/h1-12,15,23H,13-14,16-19H2,(H2,25,26,29). The SMILES string of the molecule is O=C(NCCc1ccccc1)NCC1Cn2cccc2CN1Cc1ccccc1. The first-order valence-corrected chi connectivity index (χ1v) is 10.3. The first-order valence-electron chi connectivity index (χ1n) is 10.3. The summed E-state index contributed by atoms with van der Waals surface area (Å²) in [6.45, 7) is 3.93. The summed E-state index contributed by atoms with van der Waals surface area (Å²) in [6.07, 6.45) is 2.96. The maximum absolute atomic E-state index is 12.3. The Balaban J connectivity index is 1.31. The molecule has 1 atom stereocenters. The molecule has 4 rings (SSSR count). The van der Waals surface area contributed by atoms with Gasteiger partial charge in [0.25, 0.3) is 0 Å². The fraction of sp³-hybridized carbons (Fsp3) is 0.292. The molecule has 2 aromatic carbocycles. The van der Waals surface area contributed by atoms with Gasteiger partial charge in [0.1, 0.15) is 0 Å². The average Bonchev–Trinajstić information content (AvgIpc) is 3.21. The predicted octanol–water partition coefficient (Wildman–Crippen LogP) is 3.41. The van der Waals surface area contributed by atoms with Crippen LogP contribution in [0.4, 0.5) is 4.79 Å². The van der Waals surface area contributed by atoms with Crippen molar-refractivity contribution in [2.75, 3.05) is 13.1 Å². The van der Waals surface area contributed by atoms with E-state index in [-0.39, 0.29) is 12.1 Å². The Morgan fingerprint density at radius 3 is 2.38 bits per heavy atom. The molecule has 5 heteroatoms. The molecule has 2 amide bonds. The number of nitrogens with one attached hydrogen (secondary N) is 2. The molecule has 0 radical (unpaired) electrons. The molecule has 29 heavy (non-hydrogen) atoms. The van der Waals surface area contributed by atoms with E-state index in [0.717, 1.165) is 26.1 Å². The van der Waals surface area contributed by atoms with Crippen molar-refractivity contribution in [3.05, 3.63) is 95.8 Å². The number of benzene rings is 2. The van der Waals surface area contributed by atoms with Crippen LogP contribution in [0.5, 0.6) is 0 Å². The lowest BCUT2D eigenvalue weighted by molar-refractivity contribution is 0.130. The molecule has 0 bridgehead atoms. The fourth-order valence-corrected chi connectivity index (χ4v) is 3.89. The monoisotopic (exact) mass is 388 g/mol. The lowest BCUT2D eigenvalue weighted by Crippen LogP contribution is -2.50. The minimum absolute atomic E-state index is 0.0982. The molecule has 0 saturated heterocycles. The molecule has 2 heterocycles. The molecule has 2 N–H and O–H groups in total. The van der Waals surface area contributed by atoms with E-state index < -0.39 is 0 Å². The zero-order valence-electron chi connectivity index (χ0n) is 16.6. The lowest BCUT2D eigenvalue weighted by atomic mass is 10.1. The van der Waals surface area contributed by atoms with Crippen LogP contribution in [-0.2, 0) is 26.1 Å². The molecular weight excluding hydrogens is 360 g/mol. The van der Waals surface area contributed by atoms with Crippen LogP contribution in [0.25, 0.3) is 0 Å². The highest BCUT2D eigenvalue weighted by Crippen LogP contribution is 2.20. The number of carbonyl (C=O) groups is 1. The molecule has 1 aliphatic heterocycles. The minimum Gasteiger partial charge on any atom is -0.349 e. The van der Waals surface area contributed by atoms with Gasteiger partial charge in [0, 0.05) is 50.7 Å². The fourth-order valence-electron chi connectivity index (χ4n) is 3.89. The number of nitrogens with zero attached hydrogens (tertiary/aromatic N) is 2. The van der Waals surface area contributed by atoms with Gasteiger partial charge in [0.15, 0.2) is 0 Å². The summed E-state index contributed by atoms with van der Waals surface area (Å²) in [5.41, 5.74) is 3.85. The van der Waals surface area contributed by atoms with Crippen LogP contribution in [0.2, 0.25) is 0 Å². The summed E-state index contributed by atoms with van der Waals surface area (Å²) < 4.78 is 2.29. The number of hydrogen-bond acceptors (Lipinski definition) is 2. The number of hydrogen-bond donors (Lipinski definition) is 2. The van der Waals surface area contributed by atoms with Crippen molar-refractivity contribution in [3.8, 4) is 0 Å². The van der Waals surface area contributed by atoms with E-state index in [1.54, 1.807) is 0 Å². The molecule has 0 saturated carbocycles. The Bertz CT molecular complexity index is 907. The molecule has 0 fully saturated rings. The summed E-state index contributed by atoms with van der Waals surface area (Å²) in [6, 6.07) is 25.2. The predicted molar refractivity (Wildman–Crippen MR) is 115 cm³/mol. The number of carbonyl (C=O) groups excluding carboxylic acids is 1. The lowest BCUT2D eigenvalue weighted by Gasteiger charge is -2.37. The van der Waals surface area contributed by atoms with Crippen molar-refractivity contribution >= 4 is 6.03 Å². The Kier molecular flexibility index (Phi) is 6.27. The normalized spacial score (nSPS) is 16.2. The minimum atomic E-state index is -0.0982. The number of fused-ring (bicyclic) bond motifs is 1. The maximum atomic E-state index is 12.3. The molecule has 150 valence electrons. The van der Waals surface area contributed by atoms with E-state index in [1.165, 1.54) is 16.8 Å². The van der Waals surface area contributed by atoms with Crippen molar-refractivity contribution in [1.82, 2.24) is 20.1 Å². The highest BCUT2D eigenvalue weighted by Gasteiger charge is 2.26. The van der Waals surface area contributed by atoms with Gasteiger partial charge >= 0.3 is 6.03 Å². The third-order valence-electron chi connectivity index (χ3n) is 5.48. The Hall–Kier alpha value is -3.05. The third-order valence-corrected chi connectivity index (χ3v) is 5.48. The second-order valence-electron chi connectivity index (χ2n) is 7.57. The molecular formula is C24H28N4O. The molecule has 0 aliphatic carbocycles. The molecule has 1 aliphatic rings. The van der Waals surface area contributed by atoms with E-state index in [4.69, 9.17) is 0 Å². The largest absolute Gasteiger partial charge is 0.349 e. The van der Waals surface area contributed by atoms with Gasteiger partial charge in [-0.2, -0.15) is 0 Å². The molecule has 3 aromatic rings. The summed E-state index contributed by atoms with van der Waals surface area (Å²) in [7, 11) is 0. The van der Waals surface area contributed by atoms with Gasteiger partial charge in [0.05, 0.1) is 0 Å². The number of urea groups is 1. The van der Waals surface area contributed by atoms with E-state index in [0.29, 0.717) is 13.1 Å². The smallest absolute Gasteiger partial charge is 0.314 e. The van der Waals surface area contributed by atoms with Crippen LogP contribution in [0.3, 0.4) is 0 Å². The first-order chi connectivity index (χ1) is 14.3. The van der Waals surface area contributed by atoms with Crippen LogP contribution < -0.4 is 10.6 Å². The number of aromatic nitrogens is 1. The topological polar surface area (TPSA) is 49.3 Å². The van der Waals surface area contributed by atoms with Crippen molar-refractivity contribution in [3.63, 3.8) is 0 Å². The van der Waals surface area contributed by atoms with Gasteiger partial charge in [-0.25, -0.2) is 4.79 Å². The Morgan fingerprint density at radius 2 is 1.62 bits per heavy atom. The second kappa shape index (κ2) is 9.43. The molecule has 5 nitrogen and oxygen atoms in total. The van der Waals surface area contributed by atoms with E-state index >= 15 is 0 Å². The van der Waals surface area contributed by atoms with Crippen LogP contribution in [0, 0.1) is 0 Å². The van der Waals surface area contributed by atoms with Gasteiger partial charge < -0.3 is 15.2 Å². The van der Waals surface area contributed by atoms with Crippen molar-refractivity contribution in [1.29, 1.82) is 0 Å². The van der Waals surface area contributed by atoms with E-state index in [1.807, 2.05) is 24.3 Å². The van der Waals surface area contributed by atoms with Gasteiger partial charge in [-0.05, 0) is 29.7 Å². The highest BCUT2D eigenvalue weighted by molar-refractivity contribution is 5.73. The molecule has 0 spiro atoms. The summed E-state index contributed by atoms with van der Waals surface area (Å²) in [5, 5.41) is 6.05. The Labute approximate surface area is 172 Å². The summed E-state index contributed by atoms with van der Waals surface area (Å²) >= 11 is 0. The van der Waals surface area contributed by atoms with Gasteiger partial charge in [-0.3, -0.25) is 4.90 Å². The zero-order valence-corrected chi connectivity index (χ0v) is 16.6. The quantitative estimate of drug-likeness (QED) is 0.652. The van der Waals surface area contributed by atoms with Gasteiger partial charge in [-0.15, -0.1) is 0 Å². The van der Waals surface area contributed by atoms with Crippen molar-refractivity contribution in [2.45, 2.75) is 32.1 Å².